The van der Waals surface area contributed by atoms with E-state index in [0.29, 0.717) is 89.8 Å². The molecule has 4 fully saturated rings. The molecule has 0 radical (unpaired) electrons. The molecule has 49 heteroatoms. The molecule has 8 atom stereocenters. The van der Waals surface area contributed by atoms with Crippen LogP contribution in [0.3, 0.4) is 0 Å². The van der Waals surface area contributed by atoms with E-state index in [1.165, 1.54) is 62.2 Å². The second-order valence-electron chi connectivity index (χ2n) is 28.0. The fourth-order valence-electron chi connectivity index (χ4n) is 13.6. The van der Waals surface area contributed by atoms with Crippen LogP contribution >= 0.6 is 0 Å². The Balaban J connectivity index is 0.000000330. The van der Waals surface area contributed by atoms with Crippen LogP contribution in [0.5, 0.6) is 23.0 Å². The number of ether oxygens (including phenoxy) is 11. The van der Waals surface area contributed by atoms with Crippen LogP contribution in [0.15, 0.2) is 72.7 Å². The number of benzene rings is 2. The first-order valence-electron chi connectivity index (χ1n) is 36.4. The van der Waals surface area contributed by atoms with E-state index in [-0.39, 0.29) is 193 Å². The predicted octanol–water partition coefficient (Wildman–Crippen LogP) is -7.43. The molecule has 672 valence electrons. The van der Waals surface area contributed by atoms with Gasteiger partial charge in [0.1, 0.15) is 69.0 Å². The van der Waals surface area contributed by atoms with Crippen molar-refractivity contribution in [1.82, 2.24) is 44.8 Å². The van der Waals surface area contributed by atoms with Gasteiger partial charge in [0.25, 0.3) is 41.8 Å². The van der Waals surface area contributed by atoms with E-state index in [2.05, 4.69) is 40.4 Å². The maximum atomic E-state index is 13.9. The molecule has 0 aliphatic carbocycles. The van der Waals surface area contributed by atoms with Crippen molar-refractivity contribution in [3.8, 4) is 23.0 Å². The van der Waals surface area contributed by atoms with Crippen LogP contribution in [0.25, 0.3) is 0 Å². The fraction of sp³-hybridized carbons (Fsp3) is 0.447. The number of carbonyl (C=O) groups is 10. The Bertz CT molecular complexity index is 5170. The van der Waals surface area contributed by atoms with Crippen LogP contribution in [0.4, 0.5) is 31.1 Å². The van der Waals surface area contributed by atoms with Crippen molar-refractivity contribution in [2.45, 2.75) is 113 Å². The number of carbonyl (C=O) groups excluding carboxylic acids is 10. The molecule has 11 heterocycles. The third-order valence-electron chi connectivity index (χ3n) is 19.6. The van der Waals surface area contributed by atoms with Gasteiger partial charge in [-0.1, -0.05) is 0 Å². The molecule has 0 unspecified atom stereocenters. The molecule has 4 saturated heterocycles. The smallest absolute Gasteiger partial charge is 1.00 e. The minimum Gasteiger partial charge on any atom is -1.00 e. The van der Waals surface area contributed by atoms with Crippen molar-refractivity contribution < 1.29 is 210 Å². The number of hydrogen-bond donors (Lipinski definition) is 6. The average molecular weight is 1920 g/mol. The van der Waals surface area contributed by atoms with Gasteiger partial charge < -0.3 is 156 Å². The molecule has 4 aromatic heterocycles. The number of alkyl carbamates (subject to hydrolysis) is 1. The van der Waals surface area contributed by atoms with Gasteiger partial charge in [-0.3, -0.25) is 47.9 Å². The zero-order valence-corrected chi connectivity index (χ0v) is 75.7. The third kappa shape index (κ3) is 25.0. The van der Waals surface area contributed by atoms with Crippen molar-refractivity contribution in [2.75, 3.05) is 110 Å². The summed E-state index contributed by atoms with van der Waals surface area (Å²) in [6.45, 7) is 7.45. The van der Waals surface area contributed by atoms with Gasteiger partial charge in [0.15, 0.2) is 34.3 Å². The number of likely N-dealkylation sites (N-methyl/N-ethyl adjacent to an activating group) is 2. The van der Waals surface area contributed by atoms with Crippen molar-refractivity contribution >= 4 is 83.1 Å². The van der Waals surface area contributed by atoms with Crippen LogP contribution in [-0.2, 0) is 60.7 Å². The topological polar surface area (TPSA) is 502 Å². The van der Waals surface area contributed by atoms with Crippen molar-refractivity contribution in [1.29, 1.82) is 0 Å². The number of amides is 6. The van der Waals surface area contributed by atoms with Gasteiger partial charge >= 0.3 is 76.6 Å². The van der Waals surface area contributed by atoms with Crippen LogP contribution < -0.4 is 132 Å². The van der Waals surface area contributed by atoms with Gasteiger partial charge in [-0.05, 0) is 46.5 Å². The van der Waals surface area contributed by atoms with Crippen LogP contribution in [-0.4, -0.2) is 257 Å². The standard InChI is InChI=1S/C21H20F3N3O5.C20H18F3N3O5.C14H16N2O6.C10H20N2O3.C10H10O7.CH2O3.2BrH.Mg.Na/c1-26-16-9-32-4-3-15(16)27-8-12(18(28)19(31-2)17(27)21(26)30)20(29)25-7-11-13(23)5-10(22)6-14(11)24;1-25-15-8-31-3-2-14(15)26-7-11(17(27)18(28)16(26)20(25)30)19(29)24-6-10-12(22)4-9(21)5-13(10)23;1-20-12-10-13(18)15-8-6-22-4-3-9(8)16(10)5-7(11(12)17)14(19)21-2;1-10(2,3)15-9(13)12-8-6-14-5-4-7(8)11;1-14-7-6(11)5(9(12)15-2)4-17-8(7)10(13)16-3;2-1-4-3;;;;/h5-6,8,15-16H,3-4,7,9H2,1-2H3,(H,25,29);4-5,7,14-15,28H,2-3,6,8H2,1H3,(H,24,29);5,8-9H,3-4,6H2,1-2H3,(H,15,18);7-8H,4-6,11H2,1-3H3,(H,12,13);4H,1-3H3;1,3H;2*1H;;/q;;;;;;;;+2;+1/p-3/t15-,16+;14-,15+;8-,9+;7-,8+;;;;;;/m1101....../s1. The SMILES string of the molecule is CC(C)(C)OC(=O)N[C@H]1COCC[C@H]1N.CN1C(=O)c2c(O)c(=O)c(C(=O)NCc3c(F)cc(F)cc3F)cn2[C@@H]2CCOC[C@@H]21.COC(=O)c1cn2c(c(OC)c1=O)C(=O)N[C@H]1COCC[C@H]12.COC(=O)c1occ(C(=O)OC)c(=O)c1OC.COc1c2n(cc(C(=O)NCc3c(F)cc(F)cc3F)c1=O)[C@@H]1CCOC[C@@H]1N(C)C2=O.O=CO[O-].[Br-].[Br-].[Mg+2].[Na+]. The summed E-state index contributed by atoms with van der Waals surface area (Å²) in [5.41, 5.74) is -0.586. The summed E-state index contributed by atoms with van der Waals surface area (Å²) < 4.78 is 146. The summed E-state index contributed by atoms with van der Waals surface area (Å²) in [6, 6.07) is 0.193. The maximum absolute atomic E-state index is 13.9. The van der Waals surface area contributed by atoms with Gasteiger partial charge in [0.2, 0.25) is 27.5 Å². The monoisotopic (exact) mass is 1920 g/mol. The second kappa shape index (κ2) is 48.1. The number of methoxy groups -OCH3 is 6. The van der Waals surface area contributed by atoms with Crippen LogP contribution in [0, 0.1) is 34.9 Å². The molecule has 7 aliphatic heterocycles. The van der Waals surface area contributed by atoms with Gasteiger partial charge in [-0.2, -0.15) is 0 Å². The predicted molar refractivity (Wildman–Crippen MR) is 403 cm³/mol. The van der Waals surface area contributed by atoms with E-state index in [1.807, 2.05) is 20.8 Å². The first-order chi connectivity index (χ1) is 57.4. The Morgan fingerprint density at radius 1 is 0.560 bits per heavy atom. The van der Waals surface area contributed by atoms with E-state index >= 15 is 0 Å². The number of halogens is 8. The number of aromatic nitrogens is 3. The molecule has 125 heavy (non-hydrogen) atoms. The van der Waals surface area contributed by atoms with Gasteiger partial charge in [0.05, 0.1) is 111 Å². The third-order valence-corrected chi connectivity index (χ3v) is 19.6. The normalized spacial score (nSPS) is 18.9. The molecule has 39 nitrogen and oxygen atoms in total. The fourth-order valence-corrected chi connectivity index (χ4v) is 13.6. The molecule has 0 bridgehead atoms. The zero-order chi connectivity index (χ0) is 89.3. The average Bonchev–Trinajstić information content (AvgIpc) is 0.748. The summed E-state index contributed by atoms with van der Waals surface area (Å²) in [7, 11) is 10.2. The minimum atomic E-state index is -1.19. The summed E-state index contributed by atoms with van der Waals surface area (Å²) >= 11 is 0. The first-order valence-corrected chi connectivity index (χ1v) is 36.4. The molecule has 13 rings (SSSR count). The number of hydrogen-bond acceptors (Lipinski definition) is 30. The van der Waals surface area contributed by atoms with E-state index in [0.717, 1.165) is 33.1 Å². The van der Waals surface area contributed by atoms with Crippen molar-refractivity contribution in [3.05, 3.63) is 181 Å². The molecule has 6 amide bonds. The Kier molecular flexibility index (Phi) is 41.3. The molecule has 0 spiro atoms. The van der Waals surface area contributed by atoms with Gasteiger partial charge in [-0.25, -0.2) is 45.5 Å². The summed E-state index contributed by atoms with van der Waals surface area (Å²) in [4.78, 5) is 173. The molecular weight excluding hydrogens is 1840 g/mol. The zero-order valence-electron chi connectivity index (χ0n) is 69.1. The number of pyridine rings is 3. The minimum absolute atomic E-state index is 0. The Morgan fingerprint density at radius 3 is 1.41 bits per heavy atom. The summed E-state index contributed by atoms with van der Waals surface area (Å²) in [5, 5.41) is 28.8. The van der Waals surface area contributed by atoms with E-state index in [1.54, 1.807) is 16.2 Å². The van der Waals surface area contributed by atoms with Gasteiger partial charge in [-0.15, -0.1) is 0 Å². The maximum Gasteiger partial charge on any atom is 2.00 e. The molecule has 0 saturated carbocycles. The van der Waals surface area contributed by atoms with Crippen LogP contribution in [0.2, 0.25) is 0 Å². The van der Waals surface area contributed by atoms with Crippen molar-refractivity contribution in [3.63, 3.8) is 0 Å². The van der Waals surface area contributed by atoms with E-state index in [4.69, 9.17) is 58.1 Å². The number of aromatic hydroxyl groups is 1. The molecule has 7 aliphatic rings. The van der Waals surface area contributed by atoms with Crippen molar-refractivity contribution in [2.24, 2.45) is 5.73 Å². The Hall–Kier alpha value is -9.99. The van der Waals surface area contributed by atoms with Gasteiger partial charge in [0, 0.05) is 114 Å². The number of fused-ring (bicyclic) bond motifs is 9. The Labute approximate surface area is 765 Å². The number of esters is 3. The molecule has 2 aromatic carbocycles. The number of nitrogens with zero attached hydrogens (tertiary/aromatic N) is 5. The summed E-state index contributed by atoms with van der Waals surface area (Å²) in [6.07, 6.45) is 6.63. The molecule has 6 aromatic rings. The number of nitrogens with one attached hydrogen (secondary N) is 4. The molecular formula is C76H85Br2F6MgN10NaO29. The van der Waals surface area contributed by atoms with E-state index < -0.39 is 163 Å². The first kappa shape index (κ1) is 107. The molecule has 7 N–H and O–H groups in total. The number of rotatable bonds is 14. The number of nitrogens with two attached hydrogens (primary N) is 1. The Morgan fingerprint density at radius 2 is 0.952 bits per heavy atom. The van der Waals surface area contributed by atoms with Crippen LogP contribution in [0.1, 0.15) is 159 Å². The largest absolute Gasteiger partial charge is 2.00 e. The summed E-state index contributed by atoms with van der Waals surface area (Å²) in [5.74, 6) is -15.0. The quantitative estimate of drug-likeness (QED) is 0.0112. The van der Waals surface area contributed by atoms with E-state index in [9.17, 15) is 93.8 Å². The second-order valence-corrected chi connectivity index (χ2v) is 28.0.